The molecule has 0 saturated carbocycles. The second-order valence-electron chi connectivity index (χ2n) is 3.19. The largest absolute Gasteiger partial charge is 0.472 e. The number of hydrogen-bond acceptors (Lipinski definition) is 4. The molecule has 0 saturated heterocycles. The summed E-state index contributed by atoms with van der Waals surface area (Å²) in [5.74, 6) is 0.541. The summed E-state index contributed by atoms with van der Waals surface area (Å²) in [6.45, 7) is 2.36. The summed E-state index contributed by atoms with van der Waals surface area (Å²) in [4.78, 5) is 4.13. The summed E-state index contributed by atoms with van der Waals surface area (Å²) in [6.07, 6.45) is 1.65. The first kappa shape index (κ1) is 10.4. The van der Waals surface area contributed by atoms with Gasteiger partial charge in [0.25, 0.3) is 0 Å². The molecule has 2 N–H and O–H groups in total. The van der Waals surface area contributed by atoms with E-state index in [-0.39, 0.29) is 6.10 Å². The van der Waals surface area contributed by atoms with Crippen molar-refractivity contribution in [3.05, 3.63) is 22.9 Å². The second-order valence-corrected chi connectivity index (χ2v) is 4.00. The Kier molecular flexibility index (Phi) is 2.88. The van der Waals surface area contributed by atoms with E-state index in [4.69, 9.17) is 10.5 Å². The lowest BCUT2D eigenvalue weighted by molar-refractivity contribution is 0.217. The van der Waals surface area contributed by atoms with Gasteiger partial charge in [-0.3, -0.25) is 0 Å². The van der Waals surface area contributed by atoms with E-state index < -0.39 is 0 Å². The van der Waals surface area contributed by atoms with Crippen molar-refractivity contribution in [2.75, 3.05) is 6.54 Å². The van der Waals surface area contributed by atoms with Crippen molar-refractivity contribution in [2.24, 2.45) is 5.73 Å². The molecule has 0 aromatic carbocycles. The molecule has 0 unspecified atom stereocenters. The molecule has 15 heavy (non-hydrogen) atoms. The van der Waals surface area contributed by atoms with Crippen LogP contribution in [0.4, 0.5) is 0 Å². The summed E-state index contributed by atoms with van der Waals surface area (Å²) < 4.78 is 7.95. The number of nitrogens with zero attached hydrogens (tertiary/aromatic N) is 3. The van der Waals surface area contributed by atoms with Crippen LogP contribution in [0.25, 0.3) is 5.65 Å². The van der Waals surface area contributed by atoms with Gasteiger partial charge in [-0.05, 0) is 28.9 Å². The zero-order valence-electron chi connectivity index (χ0n) is 8.22. The molecule has 80 valence electrons. The van der Waals surface area contributed by atoms with E-state index >= 15 is 0 Å². The predicted molar refractivity (Wildman–Crippen MR) is 59.8 cm³/mol. The first-order valence-electron chi connectivity index (χ1n) is 4.57. The lowest BCUT2D eigenvalue weighted by atomic mass is 10.4. The average Bonchev–Trinajstić information content (AvgIpc) is 2.60. The minimum atomic E-state index is -0.0442. The normalized spacial score (nSPS) is 13.0. The highest BCUT2D eigenvalue weighted by Crippen LogP contribution is 2.15. The van der Waals surface area contributed by atoms with Gasteiger partial charge < -0.3 is 10.5 Å². The fraction of sp³-hybridized carbons (Fsp3) is 0.333. The number of fused-ring (bicyclic) bond motifs is 1. The van der Waals surface area contributed by atoms with Crippen LogP contribution in [-0.4, -0.2) is 27.2 Å². The van der Waals surface area contributed by atoms with E-state index in [1.54, 1.807) is 16.8 Å². The summed E-state index contributed by atoms with van der Waals surface area (Å²) in [7, 11) is 0. The Morgan fingerprint density at radius 3 is 3.13 bits per heavy atom. The standard InChI is InChI=1S/C9H11BrN4O/c1-6(4-11)15-9-3-2-8-12-5-7(10)14(8)13-9/h2-3,5-6H,4,11H2,1H3/t6-/m1/s1. The number of aromatic nitrogens is 3. The van der Waals surface area contributed by atoms with E-state index in [1.165, 1.54) is 0 Å². The maximum absolute atomic E-state index is 5.49. The molecule has 2 heterocycles. The van der Waals surface area contributed by atoms with Gasteiger partial charge >= 0.3 is 0 Å². The van der Waals surface area contributed by atoms with Crippen molar-refractivity contribution in [1.29, 1.82) is 0 Å². The highest BCUT2D eigenvalue weighted by molar-refractivity contribution is 9.10. The van der Waals surface area contributed by atoms with E-state index in [2.05, 4.69) is 26.0 Å². The molecular formula is C9H11BrN4O. The van der Waals surface area contributed by atoms with Crippen molar-refractivity contribution in [3.63, 3.8) is 0 Å². The van der Waals surface area contributed by atoms with Gasteiger partial charge in [-0.25, -0.2) is 9.50 Å². The molecule has 2 aromatic rings. The van der Waals surface area contributed by atoms with Crippen LogP contribution in [-0.2, 0) is 0 Å². The minimum absolute atomic E-state index is 0.0442. The maximum atomic E-state index is 5.49. The van der Waals surface area contributed by atoms with Crippen LogP contribution < -0.4 is 10.5 Å². The van der Waals surface area contributed by atoms with Crippen LogP contribution in [0.2, 0.25) is 0 Å². The van der Waals surface area contributed by atoms with Crippen molar-refractivity contribution in [3.8, 4) is 5.88 Å². The Morgan fingerprint density at radius 1 is 1.60 bits per heavy atom. The number of hydrogen-bond donors (Lipinski definition) is 1. The first-order chi connectivity index (χ1) is 7.20. The summed E-state index contributed by atoms with van der Waals surface area (Å²) >= 11 is 3.34. The summed E-state index contributed by atoms with van der Waals surface area (Å²) in [6, 6.07) is 3.62. The van der Waals surface area contributed by atoms with Gasteiger partial charge in [0.2, 0.25) is 5.88 Å². The van der Waals surface area contributed by atoms with Gasteiger partial charge in [-0.1, -0.05) is 0 Å². The lowest BCUT2D eigenvalue weighted by Gasteiger charge is -2.10. The Bertz CT molecular complexity index is 470. The van der Waals surface area contributed by atoms with Crippen molar-refractivity contribution in [1.82, 2.24) is 14.6 Å². The van der Waals surface area contributed by atoms with Crippen LogP contribution in [0.5, 0.6) is 5.88 Å². The van der Waals surface area contributed by atoms with E-state index in [0.29, 0.717) is 12.4 Å². The number of imidazole rings is 1. The van der Waals surface area contributed by atoms with Gasteiger partial charge in [-0.2, -0.15) is 0 Å². The average molecular weight is 271 g/mol. The van der Waals surface area contributed by atoms with Gasteiger partial charge in [0.1, 0.15) is 10.7 Å². The Hall–Kier alpha value is -1.14. The molecule has 1 atom stereocenters. The third-order valence-electron chi connectivity index (χ3n) is 1.95. The fourth-order valence-corrected chi connectivity index (χ4v) is 1.51. The van der Waals surface area contributed by atoms with Crippen molar-refractivity contribution >= 4 is 21.6 Å². The fourth-order valence-electron chi connectivity index (χ4n) is 1.15. The molecule has 0 bridgehead atoms. The van der Waals surface area contributed by atoms with Crippen LogP contribution in [0.3, 0.4) is 0 Å². The lowest BCUT2D eigenvalue weighted by Crippen LogP contribution is -2.23. The van der Waals surface area contributed by atoms with E-state index in [0.717, 1.165) is 10.3 Å². The van der Waals surface area contributed by atoms with Gasteiger partial charge in [0, 0.05) is 12.6 Å². The third-order valence-corrected chi connectivity index (χ3v) is 2.49. The van der Waals surface area contributed by atoms with Gasteiger partial charge in [-0.15, -0.1) is 5.10 Å². The van der Waals surface area contributed by atoms with Crippen molar-refractivity contribution < 1.29 is 4.74 Å². The number of ether oxygens (including phenoxy) is 1. The summed E-state index contributed by atoms with van der Waals surface area (Å²) in [5.41, 5.74) is 6.23. The predicted octanol–water partition coefficient (Wildman–Crippen LogP) is 1.22. The van der Waals surface area contributed by atoms with Crippen LogP contribution in [0, 0.1) is 0 Å². The molecule has 5 nitrogen and oxygen atoms in total. The molecule has 0 aliphatic heterocycles. The first-order valence-corrected chi connectivity index (χ1v) is 5.37. The molecular weight excluding hydrogens is 260 g/mol. The highest BCUT2D eigenvalue weighted by Gasteiger charge is 2.06. The Labute approximate surface area is 95.4 Å². The topological polar surface area (TPSA) is 65.4 Å². The third kappa shape index (κ3) is 2.10. The van der Waals surface area contributed by atoms with Gasteiger partial charge in [0.05, 0.1) is 6.20 Å². The molecule has 0 aliphatic rings. The number of nitrogens with two attached hydrogens (primary N) is 1. The Morgan fingerprint density at radius 2 is 2.40 bits per heavy atom. The van der Waals surface area contributed by atoms with Crippen LogP contribution in [0.15, 0.2) is 22.9 Å². The van der Waals surface area contributed by atoms with Gasteiger partial charge in [0.15, 0.2) is 5.65 Å². The SMILES string of the molecule is C[C@H](CN)Oc1ccc2ncc(Br)n2n1. The second kappa shape index (κ2) is 4.16. The molecule has 0 fully saturated rings. The maximum Gasteiger partial charge on any atom is 0.232 e. The molecule has 2 aromatic heterocycles. The van der Waals surface area contributed by atoms with E-state index in [9.17, 15) is 0 Å². The molecule has 6 heteroatoms. The smallest absolute Gasteiger partial charge is 0.232 e. The zero-order chi connectivity index (χ0) is 10.8. The van der Waals surface area contributed by atoms with Crippen LogP contribution >= 0.6 is 15.9 Å². The number of rotatable bonds is 3. The van der Waals surface area contributed by atoms with Crippen LogP contribution in [0.1, 0.15) is 6.92 Å². The molecule has 0 amide bonds. The monoisotopic (exact) mass is 270 g/mol. The molecule has 0 spiro atoms. The number of halogens is 1. The zero-order valence-corrected chi connectivity index (χ0v) is 9.81. The quantitative estimate of drug-likeness (QED) is 0.911. The van der Waals surface area contributed by atoms with Crippen molar-refractivity contribution in [2.45, 2.75) is 13.0 Å². The Balaban J connectivity index is 2.33. The van der Waals surface area contributed by atoms with E-state index in [1.807, 2.05) is 13.0 Å². The molecule has 0 radical (unpaired) electrons. The minimum Gasteiger partial charge on any atom is -0.472 e. The molecule has 2 rings (SSSR count). The summed E-state index contributed by atoms with van der Waals surface area (Å²) in [5, 5.41) is 4.25. The highest BCUT2D eigenvalue weighted by atomic mass is 79.9. The molecule has 0 aliphatic carbocycles.